The van der Waals surface area contributed by atoms with Crippen molar-refractivity contribution in [1.29, 1.82) is 0 Å². The highest BCUT2D eigenvalue weighted by Crippen LogP contribution is 2.50. The molecule has 3 rings (SSSR count). The summed E-state index contributed by atoms with van der Waals surface area (Å²) in [7, 11) is 9.84. The minimum absolute atomic E-state index is 0.683. The molecule has 3 aromatic carbocycles. The van der Waals surface area contributed by atoms with Crippen molar-refractivity contribution in [3.63, 3.8) is 0 Å². The number of rotatable bonds is 9. The highest BCUT2D eigenvalue weighted by atomic mass is 16.5. The maximum Gasteiger partial charge on any atom is 0.126 e. The summed E-state index contributed by atoms with van der Waals surface area (Å²) in [5.74, 6) is 4.16. The van der Waals surface area contributed by atoms with E-state index < -0.39 is 5.41 Å². The van der Waals surface area contributed by atoms with Gasteiger partial charge in [0.25, 0.3) is 0 Å². The number of benzene rings is 3. The van der Waals surface area contributed by atoms with Crippen molar-refractivity contribution < 1.29 is 28.4 Å². The Bertz CT molecular complexity index is 941. The average molecular weight is 439 g/mol. The molecule has 170 valence electrons. The van der Waals surface area contributed by atoms with Crippen molar-refractivity contribution in [2.45, 2.75) is 12.3 Å². The van der Waals surface area contributed by atoms with E-state index in [-0.39, 0.29) is 0 Å². The van der Waals surface area contributed by atoms with Crippen LogP contribution in [0, 0.1) is 0 Å². The van der Waals surface area contributed by atoms with E-state index in [1.165, 1.54) is 0 Å². The van der Waals surface area contributed by atoms with Gasteiger partial charge in [0.15, 0.2) is 0 Å². The zero-order valence-corrected chi connectivity index (χ0v) is 19.6. The van der Waals surface area contributed by atoms with Gasteiger partial charge in [-0.25, -0.2) is 0 Å². The van der Waals surface area contributed by atoms with Gasteiger partial charge < -0.3 is 28.4 Å². The van der Waals surface area contributed by atoms with Gasteiger partial charge in [0.1, 0.15) is 34.5 Å². The largest absolute Gasteiger partial charge is 0.497 e. The van der Waals surface area contributed by atoms with Crippen LogP contribution in [0.3, 0.4) is 0 Å². The second-order valence-electron chi connectivity index (χ2n) is 7.32. The Hall–Kier alpha value is -3.54. The van der Waals surface area contributed by atoms with Crippen LogP contribution in [-0.4, -0.2) is 42.7 Å². The smallest absolute Gasteiger partial charge is 0.126 e. The molecule has 0 aliphatic heterocycles. The molecule has 0 fully saturated rings. The summed E-state index contributed by atoms with van der Waals surface area (Å²) < 4.78 is 33.7. The van der Waals surface area contributed by atoms with E-state index in [0.717, 1.165) is 16.7 Å². The van der Waals surface area contributed by atoms with E-state index in [1.807, 2.05) is 54.6 Å². The lowest BCUT2D eigenvalue weighted by molar-refractivity contribution is 0.370. The summed E-state index contributed by atoms with van der Waals surface area (Å²) in [4.78, 5) is 0. The summed E-state index contributed by atoms with van der Waals surface area (Å²) in [5, 5.41) is 0. The van der Waals surface area contributed by atoms with Gasteiger partial charge in [0.2, 0.25) is 0 Å². The number of hydrogen-bond acceptors (Lipinski definition) is 6. The predicted molar refractivity (Wildman–Crippen MR) is 124 cm³/mol. The van der Waals surface area contributed by atoms with Gasteiger partial charge in [-0.15, -0.1) is 0 Å². The Morgan fingerprint density at radius 3 is 0.938 bits per heavy atom. The van der Waals surface area contributed by atoms with E-state index in [9.17, 15) is 0 Å². The molecule has 0 radical (unpaired) electrons. The predicted octanol–water partition coefficient (Wildman–Crippen LogP) is 5.09. The second-order valence-corrected chi connectivity index (χ2v) is 7.32. The minimum atomic E-state index is -0.715. The van der Waals surface area contributed by atoms with Gasteiger partial charge in [-0.1, -0.05) is 18.2 Å². The Kier molecular flexibility index (Phi) is 7.03. The molecule has 0 atom stereocenters. The van der Waals surface area contributed by atoms with Gasteiger partial charge in [-0.3, -0.25) is 0 Å². The second kappa shape index (κ2) is 9.73. The Balaban J connectivity index is 2.41. The van der Waals surface area contributed by atoms with Crippen LogP contribution >= 0.6 is 0 Å². The molecule has 6 nitrogen and oxygen atoms in total. The normalized spacial score (nSPS) is 11.0. The first kappa shape index (κ1) is 23.1. The zero-order valence-electron chi connectivity index (χ0n) is 19.6. The lowest BCUT2D eigenvalue weighted by atomic mass is 9.70. The van der Waals surface area contributed by atoms with Crippen LogP contribution < -0.4 is 28.4 Å². The van der Waals surface area contributed by atoms with Gasteiger partial charge in [0, 0.05) is 34.9 Å². The molecule has 3 aromatic rings. The topological polar surface area (TPSA) is 55.4 Å². The van der Waals surface area contributed by atoms with Gasteiger partial charge >= 0.3 is 0 Å². The van der Waals surface area contributed by atoms with Crippen LogP contribution in [0.4, 0.5) is 0 Å². The molecule has 6 heteroatoms. The zero-order chi connectivity index (χ0) is 23.3. The highest BCUT2D eigenvalue weighted by Gasteiger charge is 2.39. The molecule has 0 spiro atoms. The Morgan fingerprint density at radius 1 is 0.438 bits per heavy atom. The molecule has 0 aliphatic carbocycles. The summed E-state index contributed by atoms with van der Waals surface area (Å²) in [6.07, 6.45) is 0. The maximum absolute atomic E-state index is 5.80. The first-order valence-corrected chi connectivity index (χ1v) is 10.1. The number of hydrogen-bond donors (Lipinski definition) is 0. The molecular weight excluding hydrogens is 408 g/mol. The lowest BCUT2D eigenvalue weighted by Crippen LogP contribution is -2.27. The fourth-order valence-electron chi connectivity index (χ4n) is 4.07. The third-order valence-electron chi connectivity index (χ3n) is 5.84. The quantitative estimate of drug-likeness (QED) is 0.434. The maximum atomic E-state index is 5.80. The van der Waals surface area contributed by atoms with E-state index in [4.69, 9.17) is 28.4 Å². The van der Waals surface area contributed by atoms with Crippen LogP contribution in [0.25, 0.3) is 0 Å². The Labute approximate surface area is 189 Å². The first-order valence-electron chi connectivity index (χ1n) is 10.1. The third kappa shape index (κ3) is 4.00. The van der Waals surface area contributed by atoms with Crippen molar-refractivity contribution >= 4 is 0 Å². The van der Waals surface area contributed by atoms with Crippen LogP contribution in [0.5, 0.6) is 34.5 Å². The molecule has 0 saturated heterocycles. The average Bonchev–Trinajstić information content (AvgIpc) is 2.86. The molecule has 0 saturated carbocycles. The molecule has 32 heavy (non-hydrogen) atoms. The van der Waals surface area contributed by atoms with E-state index in [1.54, 1.807) is 42.7 Å². The summed E-state index contributed by atoms with van der Waals surface area (Å²) in [6.45, 7) is 2.12. The molecule has 0 heterocycles. The molecule has 0 aliphatic rings. The Morgan fingerprint density at radius 2 is 0.719 bits per heavy atom. The molecular formula is C26H30O6. The number of ether oxygens (including phenoxy) is 6. The van der Waals surface area contributed by atoms with Crippen molar-refractivity contribution in [1.82, 2.24) is 0 Å². The molecule has 0 N–H and O–H groups in total. The fraction of sp³-hybridized carbons (Fsp3) is 0.308. The molecule has 0 aromatic heterocycles. The first-order chi connectivity index (χ1) is 15.5. The van der Waals surface area contributed by atoms with Crippen molar-refractivity contribution in [2.24, 2.45) is 0 Å². The SMILES string of the molecule is COc1ccc(C(C)(c2ccc(OC)cc2OC)c2ccc(OC)cc2OC)c(OC)c1. The van der Waals surface area contributed by atoms with E-state index >= 15 is 0 Å². The van der Waals surface area contributed by atoms with Crippen LogP contribution in [0.15, 0.2) is 54.6 Å². The highest BCUT2D eigenvalue weighted by molar-refractivity contribution is 5.63. The molecule has 0 unspecified atom stereocenters. The minimum Gasteiger partial charge on any atom is -0.497 e. The van der Waals surface area contributed by atoms with Gasteiger partial charge in [0.05, 0.1) is 48.1 Å². The summed E-state index contributed by atoms with van der Waals surface area (Å²) >= 11 is 0. The van der Waals surface area contributed by atoms with Gasteiger partial charge in [-0.05, 0) is 25.1 Å². The van der Waals surface area contributed by atoms with Crippen LogP contribution in [0.2, 0.25) is 0 Å². The monoisotopic (exact) mass is 438 g/mol. The van der Waals surface area contributed by atoms with Crippen LogP contribution in [0.1, 0.15) is 23.6 Å². The standard InChI is InChI=1S/C26H30O6/c1-26(20-11-8-17(27-2)14-23(20)30-5,21-12-9-18(28-3)15-24(21)31-6)22-13-10-19(29-4)16-25(22)32-7/h8-16H,1-7H3. The van der Waals surface area contributed by atoms with Crippen molar-refractivity contribution in [2.75, 3.05) is 42.7 Å². The van der Waals surface area contributed by atoms with E-state index in [0.29, 0.717) is 34.5 Å². The summed E-state index contributed by atoms with van der Waals surface area (Å²) in [6, 6.07) is 17.4. The summed E-state index contributed by atoms with van der Waals surface area (Å²) in [5.41, 5.74) is 2.06. The third-order valence-corrected chi connectivity index (χ3v) is 5.84. The number of methoxy groups -OCH3 is 6. The molecule has 0 bridgehead atoms. The van der Waals surface area contributed by atoms with Crippen LogP contribution in [-0.2, 0) is 5.41 Å². The fourth-order valence-corrected chi connectivity index (χ4v) is 4.07. The van der Waals surface area contributed by atoms with Gasteiger partial charge in [-0.2, -0.15) is 0 Å². The van der Waals surface area contributed by atoms with Crippen molar-refractivity contribution in [3.05, 3.63) is 71.3 Å². The molecule has 0 amide bonds. The van der Waals surface area contributed by atoms with E-state index in [2.05, 4.69) is 6.92 Å². The van der Waals surface area contributed by atoms with Crippen molar-refractivity contribution in [3.8, 4) is 34.5 Å². The lowest BCUT2D eigenvalue weighted by Gasteiger charge is -2.35.